The van der Waals surface area contributed by atoms with Gasteiger partial charge in [-0.2, -0.15) is 13.2 Å². The summed E-state index contributed by atoms with van der Waals surface area (Å²) >= 11 is 0. The molecule has 0 unspecified atom stereocenters. The fourth-order valence-electron chi connectivity index (χ4n) is 4.23. The maximum atomic E-state index is 13.7. The minimum absolute atomic E-state index is 0.342. The number of aromatic amines is 1. The summed E-state index contributed by atoms with van der Waals surface area (Å²) in [6.45, 7) is 2.74. The van der Waals surface area contributed by atoms with Gasteiger partial charge in [-0.15, -0.1) is 0 Å². The van der Waals surface area contributed by atoms with Crippen LogP contribution in [-0.4, -0.2) is 55.0 Å². The van der Waals surface area contributed by atoms with Crippen LogP contribution < -0.4 is 20.7 Å². The van der Waals surface area contributed by atoms with Gasteiger partial charge in [-0.05, 0) is 42.8 Å². The third kappa shape index (κ3) is 5.36. The molecular weight excluding hydrogens is 539 g/mol. The summed E-state index contributed by atoms with van der Waals surface area (Å²) in [7, 11) is 0. The number of aryl methyl sites for hydroxylation is 1. The fourth-order valence-corrected chi connectivity index (χ4v) is 4.23. The van der Waals surface area contributed by atoms with Crippen LogP contribution in [0.25, 0.3) is 22.4 Å². The molecule has 1 fully saturated rings. The van der Waals surface area contributed by atoms with Gasteiger partial charge in [0.05, 0.1) is 12.5 Å². The van der Waals surface area contributed by atoms with Crippen molar-refractivity contribution < 1.29 is 22.7 Å². The molecule has 4 aromatic heterocycles. The van der Waals surface area contributed by atoms with E-state index >= 15 is 0 Å². The Hall–Kier alpha value is -5.11. The Labute approximate surface area is 230 Å². The number of hydrogen-bond acceptors (Lipinski definition) is 9. The molecule has 1 saturated heterocycles. The highest BCUT2D eigenvalue weighted by Crippen LogP contribution is 2.37. The van der Waals surface area contributed by atoms with E-state index in [0.717, 1.165) is 11.8 Å². The highest BCUT2D eigenvalue weighted by atomic mass is 19.4. The number of imidazole rings is 1. The monoisotopic (exact) mass is 561 g/mol. The summed E-state index contributed by atoms with van der Waals surface area (Å²) < 4.78 is 46.6. The maximum Gasteiger partial charge on any atom is 0.420 e. The number of carbonyl (C=O) groups is 1. The Morgan fingerprint density at radius 3 is 2.71 bits per heavy atom. The molecule has 1 amide bonds. The van der Waals surface area contributed by atoms with E-state index in [9.17, 15) is 18.0 Å². The van der Waals surface area contributed by atoms with Gasteiger partial charge in [-0.1, -0.05) is 6.07 Å². The van der Waals surface area contributed by atoms with Crippen LogP contribution in [0.5, 0.6) is 5.75 Å². The van der Waals surface area contributed by atoms with Crippen molar-refractivity contribution in [1.82, 2.24) is 35.2 Å². The third-order valence-corrected chi connectivity index (χ3v) is 6.48. The van der Waals surface area contributed by atoms with Crippen LogP contribution in [0.3, 0.4) is 0 Å². The van der Waals surface area contributed by atoms with Gasteiger partial charge >= 0.3 is 6.18 Å². The molecule has 208 valence electrons. The van der Waals surface area contributed by atoms with Crippen LogP contribution in [0.4, 0.5) is 30.4 Å². The topological polar surface area (TPSA) is 143 Å². The lowest BCUT2D eigenvalue weighted by Gasteiger charge is -2.28. The van der Waals surface area contributed by atoms with Crippen molar-refractivity contribution in [1.29, 1.82) is 0 Å². The van der Waals surface area contributed by atoms with E-state index in [1.807, 2.05) is 13.0 Å². The molecule has 5 heterocycles. The minimum atomic E-state index is -4.72. The predicted molar refractivity (Wildman–Crippen MR) is 144 cm³/mol. The molecule has 14 heteroatoms. The second-order valence-electron chi connectivity index (χ2n) is 9.29. The summed E-state index contributed by atoms with van der Waals surface area (Å²) in [4.78, 5) is 37.1. The molecule has 1 aromatic carbocycles. The number of nitrogens with one attached hydrogen (secondary N) is 4. The Bertz CT molecular complexity index is 1750. The normalized spacial score (nSPS) is 13.6. The molecule has 0 bridgehead atoms. The number of pyridine rings is 2. The van der Waals surface area contributed by atoms with E-state index in [0.29, 0.717) is 58.8 Å². The molecule has 0 aliphatic carbocycles. The SMILES string of the molecule is Cc1ccc(NC(=O)c2cc(C(F)(F)F)c(OC3CNC3)cn2)cc1Nc1ncccc1-c1ncnc2nc[nH]c12. The zero-order valence-corrected chi connectivity index (χ0v) is 21.5. The van der Waals surface area contributed by atoms with Crippen LogP contribution in [0.1, 0.15) is 21.6 Å². The first-order chi connectivity index (χ1) is 19.8. The number of fused-ring (bicyclic) bond motifs is 1. The number of ether oxygens (including phenoxy) is 1. The molecule has 1 aliphatic heterocycles. The van der Waals surface area contributed by atoms with E-state index in [2.05, 4.69) is 45.9 Å². The van der Waals surface area contributed by atoms with Gasteiger partial charge in [0.15, 0.2) is 5.65 Å². The molecule has 1 aliphatic rings. The van der Waals surface area contributed by atoms with Gasteiger partial charge in [-0.25, -0.2) is 24.9 Å². The molecule has 0 radical (unpaired) electrons. The van der Waals surface area contributed by atoms with Crippen LogP contribution in [0.15, 0.2) is 61.4 Å². The molecule has 4 N–H and O–H groups in total. The minimum Gasteiger partial charge on any atom is -0.486 e. The highest BCUT2D eigenvalue weighted by Gasteiger charge is 2.37. The molecule has 41 heavy (non-hydrogen) atoms. The zero-order valence-electron chi connectivity index (χ0n) is 21.5. The fraction of sp³-hybridized carbons (Fsp3) is 0.185. The molecule has 6 rings (SSSR count). The maximum absolute atomic E-state index is 13.7. The smallest absolute Gasteiger partial charge is 0.420 e. The summed E-state index contributed by atoms with van der Waals surface area (Å²) in [5.41, 5.74) is 2.76. The Balaban J connectivity index is 1.25. The van der Waals surface area contributed by atoms with Gasteiger partial charge in [-0.3, -0.25) is 4.79 Å². The number of aromatic nitrogens is 6. The first kappa shape index (κ1) is 26.1. The number of nitrogens with zero attached hydrogens (tertiary/aromatic N) is 5. The van der Waals surface area contributed by atoms with Gasteiger partial charge in [0.1, 0.15) is 46.5 Å². The van der Waals surface area contributed by atoms with Crippen LogP contribution >= 0.6 is 0 Å². The highest BCUT2D eigenvalue weighted by molar-refractivity contribution is 6.03. The Kier molecular flexibility index (Phi) is 6.67. The predicted octanol–water partition coefficient (Wildman–Crippen LogP) is 4.48. The van der Waals surface area contributed by atoms with E-state index in [1.165, 1.54) is 12.7 Å². The number of anilines is 3. The lowest BCUT2D eigenvalue weighted by molar-refractivity contribution is -0.139. The largest absolute Gasteiger partial charge is 0.486 e. The van der Waals surface area contributed by atoms with E-state index in [-0.39, 0.29) is 6.10 Å². The van der Waals surface area contributed by atoms with Gasteiger partial charge in [0.25, 0.3) is 5.91 Å². The van der Waals surface area contributed by atoms with E-state index in [4.69, 9.17) is 4.74 Å². The van der Waals surface area contributed by atoms with Crippen molar-refractivity contribution in [2.24, 2.45) is 0 Å². The second-order valence-corrected chi connectivity index (χ2v) is 9.29. The molecule has 0 atom stereocenters. The van der Waals surface area contributed by atoms with Crippen LogP contribution in [0.2, 0.25) is 0 Å². The number of hydrogen-bond donors (Lipinski definition) is 4. The lowest BCUT2D eigenvalue weighted by Crippen LogP contribution is -2.50. The van der Waals surface area contributed by atoms with Crippen molar-refractivity contribution in [3.05, 3.63) is 78.3 Å². The summed E-state index contributed by atoms with van der Waals surface area (Å²) in [6, 6.07) is 9.37. The third-order valence-electron chi connectivity index (χ3n) is 6.48. The zero-order chi connectivity index (χ0) is 28.6. The van der Waals surface area contributed by atoms with Crippen molar-refractivity contribution in [3.8, 4) is 17.0 Å². The van der Waals surface area contributed by atoms with Gasteiger partial charge < -0.3 is 25.7 Å². The Morgan fingerprint density at radius 2 is 1.93 bits per heavy atom. The standard InChI is InChI=1S/C27H22F3N9O2/c1-14-4-5-15(38-26(40)20-8-18(27(28,29)30)21(11-33-20)41-16-9-31-10-16)7-19(14)39-24-17(3-2-6-32-24)22-23-25(36-12-34-22)37-13-35-23/h2-8,11-13,16,31H,9-10H2,1H3,(H,32,39)(H,38,40)(H,34,35,36,37). The van der Waals surface area contributed by atoms with Crippen molar-refractivity contribution in [2.45, 2.75) is 19.2 Å². The summed E-state index contributed by atoms with van der Waals surface area (Å²) in [5.74, 6) is -0.727. The lowest BCUT2D eigenvalue weighted by atomic mass is 10.1. The summed E-state index contributed by atoms with van der Waals surface area (Å²) in [6.07, 6.45) is 0.397. The first-order valence-corrected chi connectivity index (χ1v) is 12.5. The van der Waals surface area contributed by atoms with Gasteiger partial charge in [0.2, 0.25) is 0 Å². The molecular formula is C27H22F3N9O2. The Morgan fingerprint density at radius 1 is 1.07 bits per heavy atom. The number of halogens is 3. The number of amides is 1. The van der Waals surface area contributed by atoms with Crippen molar-refractivity contribution >= 4 is 34.3 Å². The van der Waals surface area contributed by atoms with E-state index < -0.39 is 29.1 Å². The number of benzene rings is 1. The number of rotatable bonds is 7. The quantitative estimate of drug-likeness (QED) is 0.226. The molecule has 5 aromatic rings. The molecule has 0 spiro atoms. The molecule has 11 nitrogen and oxygen atoms in total. The number of carbonyl (C=O) groups excluding carboxylic acids is 1. The van der Waals surface area contributed by atoms with Crippen molar-refractivity contribution in [3.63, 3.8) is 0 Å². The summed E-state index contributed by atoms with van der Waals surface area (Å²) in [5, 5.41) is 8.83. The first-order valence-electron chi connectivity index (χ1n) is 12.5. The number of alkyl halides is 3. The van der Waals surface area contributed by atoms with Crippen LogP contribution in [-0.2, 0) is 6.18 Å². The molecule has 0 saturated carbocycles. The second kappa shape index (κ2) is 10.5. The van der Waals surface area contributed by atoms with Crippen molar-refractivity contribution in [2.75, 3.05) is 23.7 Å². The van der Waals surface area contributed by atoms with E-state index in [1.54, 1.807) is 30.5 Å². The average Bonchev–Trinajstić information content (AvgIpc) is 3.42. The number of H-pyrrole nitrogens is 1. The van der Waals surface area contributed by atoms with Gasteiger partial charge in [0, 0.05) is 36.2 Å². The average molecular weight is 562 g/mol. The van der Waals surface area contributed by atoms with Crippen LogP contribution in [0, 0.1) is 6.92 Å².